The molecule has 1 aromatic heterocycles. The van der Waals surface area contributed by atoms with E-state index in [1.165, 1.54) is 10.7 Å². The van der Waals surface area contributed by atoms with Crippen molar-refractivity contribution in [2.45, 2.75) is 71.4 Å². The maximum absolute atomic E-state index is 4.87. The van der Waals surface area contributed by atoms with E-state index in [0.717, 1.165) is 19.4 Å². The molecule has 0 saturated carbocycles. The van der Waals surface area contributed by atoms with Gasteiger partial charge < -0.3 is 10.2 Å². The van der Waals surface area contributed by atoms with Crippen LogP contribution in [0.5, 0.6) is 0 Å². The van der Waals surface area contributed by atoms with Crippen LogP contribution in [0.15, 0.2) is 5.38 Å². The molecular formula is C17H33N3S. The highest BCUT2D eigenvalue weighted by Crippen LogP contribution is 2.28. The zero-order chi connectivity index (χ0) is 16.3. The van der Waals surface area contributed by atoms with Crippen LogP contribution in [0, 0.1) is 0 Å². The predicted molar refractivity (Wildman–Crippen MR) is 94.4 cm³/mol. The van der Waals surface area contributed by atoms with Gasteiger partial charge in [0, 0.05) is 28.8 Å². The lowest BCUT2D eigenvalue weighted by atomic mass is 9.86. The van der Waals surface area contributed by atoms with Gasteiger partial charge in [0.05, 0.1) is 10.7 Å². The molecule has 0 aliphatic heterocycles. The smallest absolute Gasteiger partial charge is 0.0944 e. The summed E-state index contributed by atoms with van der Waals surface area (Å²) >= 11 is 1.80. The number of thiazole rings is 1. The molecule has 2 unspecified atom stereocenters. The Morgan fingerprint density at radius 2 is 1.86 bits per heavy atom. The lowest BCUT2D eigenvalue weighted by molar-refractivity contribution is 0.113. The second kappa shape index (κ2) is 7.21. The molecule has 1 rings (SSSR count). The van der Waals surface area contributed by atoms with Crippen LogP contribution < -0.4 is 5.32 Å². The van der Waals surface area contributed by atoms with Crippen molar-refractivity contribution in [3.8, 4) is 0 Å². The summed E-state index contributed by atoms with van der Waals surface area (Å²) in [7, 11) is 4.35. The number of aromatic nitrogens is 1. The zero-order valence-electron chi connectivity index (χ0n) is 15.1. The summed E-state index contributed by atoms with van der Waals surface area (Å²) in [5.74, 6) is 0. The van der Waals surface area contributed by atoms with Crippen molar-refractivity contribution in [2.24, 2.45) is 0 Å². The fourth-order valence-corrected chi connectivity index (χ4v) is 3.62. The van der Waals surface area contributed by atoms with E-state index in [2.05, 4.69) is 71.2 Å². The largest absolute Gasteiger partial charge is 0.312 e. The van der Waals surface area contributed by atoms with E-state index in [0.29, 0.717) is 6.04 Å². The van der Waals surface area contributed by atoms with Crippen molar-refractivity contribution in [3.05, 3.63) is 16.1 Å². The number of nitrogens with zero attached hydrogens (tertiary/aromatic N) is 2. The third-order valence-electron chi connectivity index (χ3n) is 4.64. The Hall–Kier alpha value is -0.450. The van der Waals surface area contributed by atoms with E-state index < -0.39 is 0 Å². The van der Waals surface area contributed by atoms with Crippen LogP contribution in [-0.4, -0.2) is 42.1 Å². The summed E-state index contributed by atoms with van der Waals surface area (Å²) in [6, 6.07) is 0.418. The van der Waals surface area contributed by atoms with Crippen molar-refractivity contribution in [3.63, 3.8) is 0 Å². The molecule has 1 heterocycles. The van der Waals surface area contributed by atoms with E-state index in [4.69, 9.17) is 4.98 Å². The van der Waals surface area contributed by atoms with Crippen LogP contribution in [0.2, 0.25) is 0 Å². The van der Waals surface area contributed by atoms with Gasteiger partial charge in [0.1, 0.15) is 0 Å². The lowest BCUT2D eigenvalue weighted by Crippen LogP contribution is -2.57. The highest BCUT2D eigenvalue weighted by molar-refractivity contribution is 7.09. The topological polar surface area (TPSA) is 28.2 Å². The van der Waals surface area contributed by atoms with Crippen molar-refractivity contribution >= 4 is 11.3 Å². The van der Waals surface area contributed by atoms with E-state index >= 15 is 0 Å². The van der Waals surface area contributed by atoms with Gasteiger partial charge in [0.15, 0.2) is 0 Å². The molecule has 0 radical (unpaired) electrons. The predicted octanol–water partition coefficient (Wildman–Crippen LogP) is 3.69. The molecule has 122 valence electrons. The van der Waals surface area contributed by atoms with Gasteiger partial charge >= 0.3 is 0 Å². The molecule has 0 bridgehead atoms. The number of hydrogen-bond donors (Lipinski definition) is 1. The van der Waals surface area contributed by atoms with Gasteiger partial charge in [-0.15, -0.1) is 11.3 Å². The van der Waals surface area contributed by atoms with Gasteiger partial charge in [-0.3, -0.25) is 0 Å². The number of likely N-dealkylation sites (N-methyl/N-ethyl adjacent to an activating group) is 2. The normalized spacial score (nSPS) is 17.0. The molecule has 0 saturated heterocycles. The first kappa shape index (κ1) is 18.6. The Morgan fingerprint density at radius 3 is 2.24 bits per heavy atom. The lowest BCUT2D eigenvalue weighted by Gasteiger charge is -2.43. The van der Waals surface area contributed by atoms with Gasteiger partial charge in [-0.1, -0.05) is 34.6 Å². The van der Waals surface area contributed by atoms with Crippen LogP contribution in [0.1, 0.15) is 58.7 Å². The minimum atomic E-state index is 0.137. The van der Waals surface area contributed by atoms with Crippen molar-refractivity contribution in [2.75, 3.05) is 20.6 Å². The van der Waals surface area contributed by atoms with Crippen molar-refractivity contribution in [1.29, 1.82) is 0 Å². The second-order valence-corrected chi connectivity index (χ2v) is 8.24. The maximum Gasteiger partial charge on any atom is 0.0944 e. The first-order valence-electron chi connectivity index (χ1n) is 8.00. The van der Waals surface area contributed by atoms with Gasteiger partial charge in [-0.25, -0.2) is 4.98 Å². The molecular weight excluding hydrogens is 278 g/mol. The first-order chi connectivity index (χ1) is 9.65. The Morgan fingerprint density at radius 1 is 1.24 bits per heavy atom. The SMILES string of the molecule is CCNC(Cc1nc(C(C)(C)C)cs1)C(C)(CC)N(C)C. The van der Waals surface area contributed by atoms with Crippen LogP contribution in [-0.2, 0) is 11.8 Å². The van der Waals surface area contributed by atoms with Crippen LogP contribution in [0.25, 0.3) is 0 Å². The molecule has 1 aromatic rings. The Labute approximate surface area is 135 Å². The van der Waals surface area contributed by atoms with Gasteiger partial charge in [0.25, 0.3) is 0 Å². The first-order valence-corrected chi connectivity index (χ1v) is 8.88. The average molecular weight is 312 g/mol. The van der Waals surface area contributed by atoms with E-state index in [-0.39, 0.29) is 11.0 Å². The average Bonchev–Trinajstić information content (AvgIpc) is 2.85. The quantitative estimate of drug-likeness (QED) is 0.832. The molecule has 0 aliphatic rings. The molecule has 0 aromatic carbocycles. The van der Waals surface area contributed by atoms with Crippen molar-refractivity contribution in [1.82, 2.24) is 15.2 Å². The summed E-state index contributed by atoms with van der Waals surface area (Å²) in [4.78, 5) is 7.22. The summed E-state index contributed by atoms with van der Waals surface area (Å²) in [5.41, 5.74) is 1.49. The third-order valence-corrected chi connectivity index (χ3v) is 5.51. The molecule has 0 fully saturated rings. The molecule has 1 N–H and O–H groups in total. The fourth-order valence-electron chi connectivity index (χ4n) is 2.56. The standard InChI is InChI=1S/C17H33N3S/c1-9-17(6,20(7)8)13(18-10-2)11-15-19-14(12-21-15)16(3,4)5/h12-13,18H,9-11H2,1-8H3. The van der Waals surface area contributed by atoms with E-state index in [9.17, 15) is 0 Å². The van der Waals surface area contributed by atoms with E-state index in [1.54, 1.807) is 11.3 Å². The molecule has 2 atom stereocenters. The van der Waals surface area contributed by atoms with Gasteiger partial charge in [-0.05, 0) is 34.0 Å². The minimum Gasteiger partial charge on any atom is -0.312 e. The molecule has 3 nitrogen and oxygen atoms in total. The fraction of sp³-hybridized carbons (Fsp3) is 0.824. The van der Waals surface area contributed by atoms with Crippen LogP contribution >= 0.6 is 11.3 Å². The van der Waals surface area contributed by atoms with Crippen LogP contribution in [0.4, 0.5) is 0 Å². The van der Waals surface area contributed by atoms with Gasteiger partial charge in [-0.2, -0.15) is 0 Å². The van der Waals surface area contributed by atoms with Gasteiger partial charge in [0.2, 0.25) is 0 Å². The molecule has 0 amide bonds. The Balaban J connectivity index is 2.96. The number of rotatable bonds is 7. The van der Waals surface area contributed by atoms with Crippen molar-refractivity contribution < 1.29 is 0 Å². The summed E-state index contributed by atoms with van der Waals surface area (Å²) < 4.78 is 0. The third kappa shape index (κ3) is 4.51. The Kier molecular flexibility index (Phi) is 6.38. The summed E-state index contributed by atoms with van der Waals surface area (Å²) in [6.07, 6.45) is 2.12. The number of hydrogen-bond acceptors (Lipinski definition) is 4. The minimum absolute atomic E-state index is 0.137. The summed E-state index contributed by atoms with van der Waals surface area (Å²) in [6.45, 7) is 14.5. The highest BCUT2D eigenvalue weighted by atomic mass is 32.1. The van der Waals surface area contributed by atoms with Crippen LogP contribution in [0.3, 0.4) is 0 Å². The molecule has 4 heteroatoms. The monoisotopic (exact) mass is 311 g/mol. The molecule has 21 heavy (non-hydrogen) atoms. The van der Waals surface area contributed by atoms with E-state index in [1.807, 2.05) is 0 Å². The maximum atomic E-state index is 4.87. The Bertz CT molecular complexity index is 433. The molecule has 0 aliphatic carbocycles. The highest BCUT2D eigenvalue weighted by Gasteiger charge is 2.35. The number of nitrogens with one attached hydrogen (secondary N) is 1. The summed E-state index contributed by atoms with van der Waals surface area (Å²) in [5, 5.41) is 7.14. The molecule has 0 spiro atoms. The second-order valence-electron chi connectivity index (χ2n) is 7.30. The zero-order valence-corrected chi connectivity index (χ0v) is 15.9.